The summed E-state index contributed by atoms with van der Waals surface area (Å²) in [5.41, 5.74) is 0.603. The second-order valence-electron chi connectivity index (χ2n) is 3.86. The van der Waals surface area contributed by atoms with Crippen molar-refractivity contribution in [1.29, 1.82) is 0 Å². The zero-order valence-electron chi connectivity index (χ0n) is 10.1. The van der Waals surface area contributed by atoms with Gasteiger partial charge in [0, 0.05) is 18.7 Å². The number of nitrogens with zero attached hydrogens (tertiary/aromatic N) is 1. The standard InChI is InChI=1S/C14H11F3NO/c1-19-13-5-3-10(8-18-13)6-9-2-4-12(15)11(7-9)14(16)17/h2-8,14H,1H3. The van der Waals surface area contributed by atoms with E-state index in [0.29, 0.717) is 17.0 Å². The van der Waals surface area contributed by atoms with Gasteiger partial charge in [-0.05, 0) is 23.3 Å². The highest BCUT2D eigenvalue weighted by Gasteiger charge is 2.13. The van der Waals surface area contributed by atoms with E-state index in [0.717, 1.165) is 12.1 Å². The second-order valence-corrected chi connectivity index (χ2v) is 3.86. The summed E-state index contributed by atoms with van der Waals surface area (Å²) in [6.07, 6.45) is 0.351. The van der Waals surface area contributed by atoms with Crippen LogP contribution in [-0.2, 0) is 0 Å². The molecule has 5 heteroatoms. The molecule has 19 heavy (non-hydrogen) atoms. The Bertz CT molecular complexity index is 555. The third-order valence-electron chi connectivity index (χ3n) is 2.56. The van der Waals surface area contributed by atoms with Crippen molar-refractivity contribution in [2.24, 2.45) is 0 Å². The number of aromatic nitrogens is 1. The molecule has 0 bridgehead atoms. The van der Waals surface area contributed by atoms with Crippen LogP contribution < -0.4 is 4.74 Å². The van der Waals surface area contributed by atoms with Crippen LogP contribution in [0, 0.1) is 12.2 Å². The first-order valence-electron chi connectivity index (χ1n) is 5.52. The van der Waals surface area contributed by atoms with Crippen molar-refractivity contribution in [3.05, 3.63) is 65.5 Å². The summed E-state index contributed by atoms with van der Waals surface area (Å²) in [6, 6.07) is 6.99. The van der Waals surface area contributed by atoms with Gasteiger partial charge in [-0.2, -0.15) is 0 Å². The van der Waals surface area contributed by atoms with Crippen molar-refractivity contribution in [3.8, 4) is 5.88 Å². The molecule has 2 rings (SSSR count). The van der Waals surface area contributed by atoms with Crippen LogP contribution in [0.1, 0.15) is 23.1 Å². The number of halogens is 3. The molecule has 1 aromatic carbocycles. The van der Waals surface area contributed by atoms with Crippen LogP contribution in [0.2, 0.25) is 0 Å². The molecule has 1 radical (unpaired) electrons. The molecule has 2 aromatic rings. The number of hydrogen-bond donors (Lipinski definition) is 0. The molecule has 0 spiro atoms. The third kappa shape index (κ3) is 3.24. The quantitative estimate of drug-likeness (QED) is 0.840. The van der Waals surface area contributed by atoms with Crippen molar-refractivity contribution in [2.75, 3.05) is 7.11 Å². The van der Waals surface area contributed by atoms with Gasteiger partial charge in [0.25, 0.3) is 6.43 Å². The lowest BCUT2D eigenvalue weighted by Gasteiger charge is -2.06. The molecular formula is C14H11F3NO. The maximum Gasteiger partial charge on any atom is 0.266 e. The van der Waals surface area contributed by atoms with Crippen molar-refractivity contribution in [3.63, 3.8) is 0 Å². The highest BCUT2D eigenvalue weighted by molar-refractivity contribution is 5.39. The van der Waals surface area contributed by atoms with E-state index >= 15 is 0 Å². The van der Waals surface area contributed by atoms with Crippen LogP contribution in [0.25, 0.3) is 0 Å². The molecule has 0 saturated carbocycles. The summed E-state index contributed by atoms with van der Waals surface area (Å²) in [7, 11) is 1.50. The molecule has 0 saturated heterocycles. The minimum absolute atomic E-state index is 0.463. The molecular weight excluding hydrogens is 255 g/mol. The number of pyridine rings is 1. The molecule has 0 fully saturated rings. The number of rotatable bonds is 4. The highest BCUT2D eigenvalue weighted by atomic mass is 19.3. The van der Waals surface area contributed by atoms with Crippen LogP contribution in [0.5, 0.6) is 5.88 Å². The van der Waals surface area contributed by atoms with E-state index in [1.54, 1.807) is 24.8 Å². The molecule has 1 heterocycles. The number of ether oxygens (including phenoxy) is 1. The van der Waals surface area contributed by atoms with E-state index in [-0.39, 0.29) is 0 Å². The van der Waals surface area contributed by atoms with Gasteiger partial charge in [-0.15, -0.1) is 0 Å². The van der Waals surface area contributed by atoms with Gasteiger partial charge in [-0.1, -0.05) is 12.1 Å². The van der Waals surface area contributed by atoms with Gasteiger partial charge >= 0.3 is 0 Å². The van der Waals surface area contributed by atoms with E-state index in [2.05, 4.69) is 4.98 Å². The monoisotopic (exact) mass is 266 g/mol. The predicted molar refractivity (Wildman–Crippen MR) is 64.7 cm³/mol. The maximum absolute atomic E-state index is 13.1. The Kier molecular flexibility index (Phi) is 4.04. The Morgan fingerprint density at radius 2 is 1.89 bits per heavy atom. The average Bonchev–Trinajstić information content (AvgIpc) is 2.41. The highest BCUT2D eigenvalue weighted by Crippen LogP contribution is 2.24. The normalized spacial score (nSPS) is 10.8. The second kappa shape index (κ2) is 5.73. The average molecular weight is 266 g/mol. The number of methoxy groups -OCH3 is 1. The number of alkyl halides is 2. The van der Waals surface area contributed by atoms with E-state index in [9.17, 15) is 13.2 Å². The number of hydrogen-bond acceptors (Lipinski definition) is 2. The Morgan fingerprint density at radius 1 is 1.16 bits per heavy atom. The van der Waals surface area contributed by atoms with Crippen LogP contribution in [0.15, 0.2) is 36.5 Å². The van der Waals surface area contributed by atoms with Crippen LogP contribution in [-0.4, -0.2) is 12.1 Å². The van der Waals surface area contributed by atoms with Crippen molar-refractivity contribution < 1.29 is 17.9 Å². The molecule has 0 aliphatic carbocycles. The fourth-order valence-corrected chi connectivity index (χ4v) is 1.61. The fourth-order valence-electron chi connectivity index (χ4n) is 1.61. The summed E-state index contributed by atoms with van der Waals surface area (Å²) in [5, 5.41) is 0. The molecule has 0 aliphatic rings. The summed E-state index contributed by atoms with van der Waals surface area (Å²) in [5.74, 6) is -0.440. The van der Waals surface area contributed by atoms with Crippen molar-refractivity contribution in [2.45, 2.75) is 6.43 Å². The van der Waals surface area contributed by atoms with E-state index in [4.69, 9.17) is 4.74 Å². The van der Waals surface area contributed by atoms with Crippen LogP contribution in [0.4, 0.5) is 13.2 Å². The fraction of sp³-hybridized carbons (Fsp3) is 0.143. The Labute approximate surface area is 108 Å². The largest absolute Gasteiger partial charge is 0.481 e. The topological polar surface area (TPSA) is 22.1 Å². The van der Waals surface area contributed by atoms with Crippen molar-refractivity contribution >= 4 is 0 Å². The summed E-state index contributed by atoms with van der Waals surface area (Å²) in [4.78, 5) is 3.99. The maximum atomic E-state index is 13.1. The van der Waals surface area contributed by atoms with Crippen LogP contribution >= 0.6 is 0 Å². The molecule has 2 nitrogen and oxygen atoms in total. The minimum atomic E-state index is -2.83. The lowest BCUT2D eigenvalue weighted by Crippen LogP contribution is -1.94. The van der Waals surface area contributed by atoms with E-state index in [1.165, 1.54) is 13.2 Å². The molecule has 0 N–H and O–H groups in total. The third-order valence-corrected chi connectivity index (χ3v) is 2.56. The number of benzene rings is 1. The lowest BCUT2D eigenvalue weighted by atomic mass is 10.0. The summed E-state index contributed by atoms with van der Waals surface area (Å²) >= 11 is 0. The Balaban J connectivity index is 2.20. The first-order chi connectivity index (χ1) is 9.10. The predicted octanol–water partition coefficient (Wildman–Crippen LogP) is 3.77. The Hall–Kier alpha value is -2.04. The van der Waals surface area contributed by atoms with Crippen molar-refractivity contribution in [1.82, 2.24) is 4.98 Å². The van der Waals surface area contributed by atoms with Gasteiger partial charge in [0.2, 0.25) is 5.88 Å². The molecule has 1 aromatic heterocycles. The molecule has 0 amide bonds. The summed E-state index contributed by atoms with van der Waals surface area (Å²) in [6.45, 7) is 0. The smallest absolute Gasteiger partial charge is 0.266 e. The van der Waals surface area contributed by atoms with E-state index < -0.39 is 17.8 Å². The SMILES string of the molecule is COc1ccc([CH]c2ccc(F)c(C(F)F)c2)cn1. The molecule has 0 unspecified atom stereocenters. The summed E-state index contributed by atoms with van der Waals surface area (Å²) < 4.78 is 43.2. The molecule has 0 aliphatic heterocycles. The first-order valence-corrected chi connectivity index (χ1v) is 5.52. The zero-order valence-corrected chi connectivity index (χ0v) is 10.1. The van der Waals surface area contributed by atoms with Gasteiger partial charge in [-0.3, -0.25) is 0 Å². The lowest BCUT2D eigenvalue weighted by molar-refractivity contribution is 0.146. The minimum Gasteiger partial charge on any atom is -0.481 e. The Morgan fingerprint density at radius 3 is 2.47 bits per heavy atom. The van der Waals surface area contributed by atoms with Gasteiger partial charge in [0.15, 0.2) is 0 Å². The molecule has 0 atom stereocenters. The van der Waals surface area contributed by atoms with Gasteiger partial charge in [0.1, 0.15) is 5.82 Å². The zero-order chi connectivity index (χ0) is 13.8. The van der Waals surface area contributed by atoms with Crippen LogP contribution in [0.3, 0.4) is 0 Å². The van der Waals surface area contributed by atoms with E-state index in [1.807, 2.05) is 0 Å². The van der Waals surface area contributed by atoms with Gasteiger partial charge in [-0.25, -0.2) is 18.2 Å². The molecule has 99 valence electrons. The first kappa shape index (κ1) is 13.4. The van der Waals surface area contributed by atoms with Gasteiger partial charge in [0.05, 0.1) is 12.7 Å². The van der Waals surface area contributed by atoms with Gasteiger partial charge < -0.3 is 4.74 Å².